The molecule has 2 atom stereocenters. The van der Waals surface area contributed by atoms with Gasteiger partial charge in [-0.05, 0) is 6.42 Å². The van der Waals surface area contributed by atoms with Crippen LogP contribution in [0.2, 0.25) is 0 Å². The number of carbonyl (C=O) groups excluding carboxylic acids is 2. The number of nitrogens with one attached hydrogen (secondary N) is 3. The second kappa shape index (κ2) is 5.20. The lowest BCUT2D eigenvalue weighted by Gasteiger charge is -2.13. The number of nitrogens with zero attached hydrogens (tertiary/aromatic N) is 1. The van der Waals surface area contributed by atoms with Gasteiger partial charge in [0, 0.05) is 6.54 Å². The van der Waals surface area contributed by atoms with Crippen molar-refractivity contribution in [3.8, 4) is 6.07 Å². The van der Waals surface area contributed by atoms with E-state index in [9.17, 15) is 9.59 Å². The molecule has 1 saturated heterocycles. The summed E-state index contributed by atoms with van der Waals surface area (Å²) in [5, 5.41) is 16.2. The Morgan fingerprint density at radius 2 is 2.53 bits per heavy atom. The number of urea groups is 1. The van der Waals surface area contributed by atoms with Gasteiger partial charge in [0.05, 0.1) is 6.07 Å². The molecule has 0 aromatic rings. The van der Waals surface area contributed by atoms with Gasteiger partial charge in [-0.2, -0.15) is 5.26 Å². The van der Waals surface area contributed by atoms with Crippen molar-refractivity contribution < 1.29 is 9.59 Å². The smallest absolute Gasteiger partial charge is 0.315 e. The fraction of sp³-hybridized carbons (Fsp3) is 0.667. The van der Waals surface area contributed by atoms with Crippen LogP contribution in [-0.2, 0) is 4.79 Å². The zero-order valence-corrected chi connectivity index (χ0v) is 8.54. The molecular formula is C9H14N4O2. The van der Waals surface area contributed by atoms with Gasteiger partial charge in [-0.3, -0.25) is 4.79 Å². The zero-order chi connectivity index (χ0) is 11.3. The Labute approximate surface area is 88.0 Å². The normalized spacial score (nSPS) is 21.1. The van der Waals surface area contributed by atoms with Crippen LogP contribution < -0.4 is 16.0 Å². The average Bonchev–Trinajstić information content (AvgIpc) is 2.64. The van der Waals surface area contributed by atoms with Crippen molar-refractivity contribution in [1.82, 2.24) is 16.0 Å². The molecular weight excluding hydrogens is 196 g/mol. The Hall–Kier alpha value is -1.77. The van der Waals surface area contributed by atoms with E-state index in [-0.39, 0.29) is 18.5 Å². The summed E-state index contributed by atoms with van der Waals surface area (Å²) in [6.07, 6.45) is 1.45. The lowest BCUT2D eigenvalue weighted by Crippen LogP contribution is -2.46. The highest BCUT2D eigenvalue weighted by Gasteiger charge is 2.27. The first-order valence-electron chi connectivity index (χ1n) is 4.91. The van der Waals surface area contributed by atoms with Gasteiger partial charge in [0.15, 0.2) is 0 Å². The molecule has 1 fully saturated rings. The molecule has 0 unspecified atom stereocenters. The van der Waals surface area contributed by atoms with E-state index in [1.54, 1.807) is 0 Å². The highest BCUT2D eigenvalue weighted by atomic mass is 16.2. The van der Waals surface area contributed by atoms with Crippen LogP contribution in [-0.4, -0.2) is 30.6 Å². The van der Waals surface area contributed by atoms with Crippen molar-refractivity contribution in [1.29, 1.82) is 5.26 Å². The molecule has 0 aromatic carbocycles. The summed E-state index contributed by atoms with van der Waals surface area (Å²) in [4.78, 5) is 22.3. The molecule has 3 amide bonds. The van der Waals surface area contributed by atoms with Gasteiger partial charge in [0.1, 0.15) is 12.1 Å². The summed E-state index contributed by atoms with van der Waals surface area (Å²) in [5.74, 6) is -0.312. The third-order valence-electron chi connectivity index (χ3n) is 2.14. The van der Waals surface area contributed by atoms with Crippen molar-refractivity contribution in [2.45, 2.75) is 31.8 Å². The molecule has 82 valence electrons. The molecule has 1 rings (SSSR count). The Morgan fingerprint density at radius 3 is 3.00 bits per heavy atom. The van der Waals surface area contributed by atoms with Gasteiger partial charge in [-0.25, -0.2) is 4.79 Å². The van der Waals surface area contributed by atoms with E-state index < -0.39 is 12.1 Å². The molecule has 1 aliphatic heterocycles. The number of nitriles is 1. The summed E-state index contributed by atoms with van der Waals surface area (Å²) in [5.41, 5.74) is 0. The van der Waals surface area contributed by atoms with Crippen LogP contribution >= 0.6 is 0 Å². The van der Waals surface area contributed by atoms with Gasteiger partial charge in [-0.1, -0.05) is 13.3 Å². The lowest BCUT2D eigenvalue weighted by molar-refractivity contribution is -0.122. The molecule has 1 aliphatic rings. The van der Waals surface area contributed by atoms with Gasteiger partial charge in [-0.15, -0.1) is 0 Å². The van der Waals surface area contributed by atoms with E-state index in [1.807, 2.05) is 13.0 Å². The molecule has 1 heterocycles. The van der Waals surface area contributed by atoms with Crippen molar-refractivity contribution in [2.24, 2.45) is 0 Å². The van der Waals surface area contributed by atoms with Crippen molar-refractivity contribution in [2.75, 3.05) is 6.54 Å². The fourth-order valence-electron chi connectivity index (χ4n) is 1.34. The van der Waals surface area contributed by atoms with Crippen LogP contribution in [0.1, 0.15) is 19.8 Å². The predicted octanol–water partition coefficient (Wildman–Crippen LogP) is -0.524. The Bertz CT molecular complexity index is 297. The molecule has 0 radical (unpaired) electrons. The molecule has 6 heteroatoms. The van der Waals surface area contributed by atoms with Gasteiger partial charge in [0.25, 0.3) is 0 Å². The third-order valence-corrected chi connectivity index (χ3v) is 2.14. The number of rotatable bonds is 4. The van der Waals surface area contributed by atoms with Crippen molar-refractivity contribution in [3.05, 3.63) is 0 Å². The van der Waals surface area contributed by atoms with Gasteiger partial charge >= 0.3 is 6.03 Å². The van der Waals surface area contributed by atoms with Crippen molar-refractivity contribution in [3.63, 3.8) is 0 Å². The third kappa shape index (κ3) is 3.13. The minimum absolute atomic E-state index is 0.273. The van der Waals surface area contributed by atoms with E-state index >= 15 is 0 Å². The number of hydrogen-bond acceptors (Lipinski definition) is 3. The number of carbonyl (C=O) groups is 2. The summed E-state index contributed by atoms with van der Waals surface area (Å²) in [7, 11) is 0. The largest absolute Gasteiger partial charge is 0.339 e. The van der Waals surface area contributed by atoms with Gasteiger partial charge in [0.2, 0.25) is 5.91 Å². The molecule has 0 spiro atoms. The minimum atomic E-state index is -0.565. The second-order valence-corrected chi connectivity index (χ2v) is 3.39. The van der Waals surface area contributed by atoms with E-state index in [0.29, 0.717) is 6.42 Å². The quantitative estimate of drug-likeness (QED) is 0.582. The molecule has 6 nitrogen and oxygen atoms in total. The maximum absolute atomic E-state index is 11.5. The van der Waals surface area contributed by atoms with Crippen LogP contribution in [0.4, 0.5) is 4.79 Å². The molecule has 15 heavy (non-hydrogen) atoms. The topological polar surface area (TPSA) is 94.0 Å². The van der Waals surface area contributed by atoms with Crippen LogP contribution in [0.15, 0.2) is 0 Å². The fourth-order valence-corrected chi connectivity index (χ4v) is 1.34. The van der Waals surface area contributed by atoms with Crippen LogP contribution in [0, 0.1) is 11.3 Å². The van der Waals surface area contributed by atoms with Crippen LogP contribution in [0.5, 0.6) is 0 Å². The lowest BCUT2D eigenvalue weighted by atomic mass is 10.1. The maximum Gasteiger partial charge on any atom is 0.315 e. The molecule has 0 aliphatic carbocycles. The first kappa shape index (κ1) is 11.3. The van der Waals surface area contributed by atoms with Crippen LogP contribution in [0.25, 0.3) is 0 Å². The first-order chi connectivity index (χ1) is 7.17. The van der Waals surface area contributed by atoms with E-state index in [4.69, 9.17) is 5.26 Å². The number of hydrogen-bond donors (Lipinski definition) is 3. The zero-order valence-electron chi connectivity index (χ0n) is 8.54. The SMILES string of the molecule is CCC[C@@H](C#N)NC(=O)[C@@H]1CNC(=O)N1. The van der Waals surface area contributed by atoms with Crippen molar-refractivity contribution >= 4 is 11.9 Å². The van der Waals surface area contributed by atoms with E-state index in [0.717, 1.165) is 6.42 Å². The predicted molar refractivity (Wildman–Crippen MR) is 52.8 cm³/mol. The van der Waals surface area contributed by atoms with E-state index in [2.05, 4.69) is 16.0 Å². The second-order valence-electron chi connectivity index (χ2n) is 3.39. The number of amides is 3. The highest BCUT2D eigenvalue weighted by Crippen LogP contribution is 1.97. The standard InChI is InChI=1S/C9H14N4O2/c1-2-3-6(4-10)12-8(14)7-5-11-9(15)13-7/h6-7H,2-3,5H2,1H3,(H,12,14)(H2,11,13,15)/t6-,7-/m0/s1. The van der Waals surface area contributed by atoms with E-state index in [1.165, 1.54) is 0 Å². The maximum atomic E-state index is 11.5. The Morgan fingerprint density at radius 1 is 1.80 bits per heavy atom. The minimum Gasteiger partial charge on any atom is -0.339 e. The summed E-state index contributed by atoms with van der Waals surface area (Å²) >= 11 is 0. The van der Waals surface area contributed by atoms with Crippen LogP contribution in [0.3, 0.4) is 0 Å². The summed E-state index contributed by atoms with van der Waals surface area (Å²) in [6, 6.07) is 0.619. The monoisotopic (exact) mass is 210 g/mol. The summed E-state index contributed by atoms with van der Waals surface area (Å²) < 4.78 is 0. The Kier molecular flexibility index (Phi) is 3.92. The first-order valence-corrected chi connectivity index (χ1v) is 4.91. The van der Waals surface area contributed by atoms with Gasteiger partial charge < -0.3 is 16.0 Å². The summed E-state index contributed by atoms with van der Waals surface area (Å²) in [6.45, 7) is 2.21. The molecule has 3 N–H and O–H groups in total. The molecule has 0 bridgehead atoms. The molecule has 0 saturated carbocycles. The average molecular weight is 210 g/mol. The Balaban J connectivity index is 2.41. The molecule has 0 aromatic heterocycles. The highest BCUT2D eigenvalue weighted by molar-refractivity contribution is 5.90.